The first-order valence-corrected chi connectivity index (χ1v) is 9.66. The molecule has 144 valence electrons. The van der Waals surface area contributed by atoms with Crippen LogP contribution in [-0.2, 0) is 0 Å². The second-order valence-corrected chi connectivity index (χ2v) is 7.65. The Morgan fingerprint density at radius 1 is 1.07 bits per heavy atom. The fourth-order valence-corrected chi connectivity index (χ4v) is 4.01. The van der Waals surface area contributed by atoms with Crippen LogP contribution in [-0.4, -0.2) is 38.8 Å². The zero-order chi connectivity index (χ0) is 19.8. The molecule has 3 heterocycles. The minimum Gasteiger partial charge on any atom is -0.339 e. The molecule has 1 aliphatic rings. The van der Waals surface area contributed by atoms with Gasteiger partial charge in [0.15, 0.2) is 0 Å². The summed E-state index contributed by atoms with van der Waals surface area (Å²) in [6.45, 7) is 7.06. The van der Waals surface area contributed by atoms with E-state index in [2.05, 4.69) is 15.0 Å². The number of aromatic amines is 1. The van der Waals surface area contributed by atoms with Gasteiger partial charge in [-0.15, -0.1) is 0 Å². The molecule has 28 heavy (non-hydrogen) atoms. The predicted molar refractivity (Wildman–Crippen MR) is 109 cm³/mol. The van der Waals surface area contributed by atoms with E-state index in [0.717, 1.165) is 40.7 Å². The molecule has 0 spiro atoms. The number of nitrogens with zero attached hydrogens (tertiary/aromatic N) is 3. The number of benzene rings is 1. The summed E-state index contributed by atoms with van der Waals surface area (Å²) < 4.78 is 0. The van der Waals surface area contributed by atoms with Crippen molar-refractivity contribution in [3.63, 3.8) is 0 Å². The first kappa shape index (κ1) is 18.3. The molecule has 0 bridgehead atoms. The standard InChI is InChI=1S/C22H24N4O2/c1-13-4-5-17-18(11-14(2)23-20(17)10-13)22(28)26-8-6-16(7-9-26)19-12-21(27)25-15(3)24-19/h4-5,10-12,16H,6-9H2,1-3H3,(H,24,25,27). The van der Waals surface area contributed by atoms with Gasteiger partial charge in [-0.05, 0) is 51.3 Å². The molecule has 0 unspecified atom stereocenters. The number of carbonyl (C=O) groups excluding carboxylic acids is 1. The van der Waals surface area contributed by atoms with E-state index < -0.39 is 0 Å². The maximum absolute atomic E-state index is 13.2. The first-order valence-electron chi connectivity index (χ1n) is 9.66. The molecular formula is C22H24N4O2. The molecule has 1 amide bonds. The summed E-state index contributed by atoms with van der Waals surface area (Å²) in [4.78, 5) is 38.6. The third-order valence-electron chi connectivity index (χ3n) is 5.40. The number of likely N-dealkylation sites (tertiary alicyclic amines) is 1. The molecule has 1 saturated heterocycles. The van der Waals surface area contributed by atoms with Crippen molar-refractivity contribution in [1.29, 1.82) is 0 Å². The molecule has 6 heteroatoms. The molecule has 0 radical (unpaired) electrons. The lowest BCUT2D eigenvalue weighted by atomic mass is 9.92. The molecule has 1 fully saturated rings. The Hall–Kier alpha value is -3.02. The van der Waals surface area contributed by atoms with Crippen LogP contribution < -0.4 is 5.56 Å². The Kier molecular flexibility index (Phi) is 4.71. The van der Waals surface area contributed by atoms with Crippen molar-refractivity contribution in [2.24, 2.45) is 0 Å². The topological polar surface area (TPSA) is 79.0 Å². The van der Waals surface area contributed by atoms with Gasteiger partial charge in [-0.2, -0.15) is 0 Å². The number of aromatic nitrogens is 3. The SMILES string of the molecule is Cc1ccc2c(C(=O)N3CCC(c4cc(=O)[nH]c(C)n4)CC3)cc(C)nc2c1. The summed E-state index contributed by atoms with van der Waals surface area (Å²) in [5, 5.41) is 0.898. The number of H-pyrrole nitrogens is 1. The van der Waals surface area contributed by atoms with E-state index in [-0.39, 0.29) is 17.4 Å². The van der Waals surface area contributed by atoms with Crippen molar-refractivity contribution in [1.82, 2.24) is 19.9 Å². The molecule has 0 aliphatic carbocycles. The second-order valence-electron chi connectivity index (χ2n) is 7.65. The second kappa shape index (κ2) is 7.19. The Balaban J connectivity index is 1.56. The third kappa shape index (κ3) is 3.54. The van der Waals surface area contributed by atoms with Crippen LogP contribution in [0.15, 0.2) is 35.1 Å². The lowest BCUT2D eigenvalue weighted by Crippen LogP contribution is -2.38. The number of pyridine rings is 1. The van der Waals surface area contributed by atoms with Crippen LogP contribution in [0.2, 0.25) is 0 Å². The molecule has 1 aromatic carbocycles. The highest BCUT2D eigenvalue weighted by Crippen LogP contribution is 2.28. The first-order chi connectivity index (χ1) is 13.4. The van der Waals surface area contributed by atoms with Crippen molar-refractivity contribution in [3.8, 4) is 0 Å². The smallest absolute Gasteiger partial charge is 0.254 e. The van der Waals surface area contributed by atoms with Gasteiger partial charge in [0.25, 0.3) is 11.5 Å². The predicted octanol–water partition coefficient (Wildman–Crippen LogP) is 3.26. The van der Waals surface area contributed by atoms with Crippen LogP contribution in [0.5, 0.6) is 0 Å². The zero-order valence-electron chi connectivity index (χ0n) is 16.5. The highest BCUT2D eigenvalue weighted by Gasteiger charge is 2.27. The molecule has 0 saturated carbocycles. The van der Waals surface area contributed by atoms with Crippen molar-refractivity contribution in [3.05, 3.63) is 69.0 Å². The van der Waals surface area contributed by atoms with Gasteiger partial charge in [0.2, 0.25) is 0 Å². The summed E-state index contributed by atoms with van der Waals surface area (Å²) in [7, 11) is 0. The van der Waals surface area contributed by atoms with Gasteiger partial charge >= 0.3 is 0 Å². The van der Waals surface area contributed by atoms with Crippen molar-refractivity contribution >= 4 is 16.8 Å². The quantitative estimate of drug-likeness (QED) is 0.744. The van der Waals surface area contributed by atoms with E-state index in [1.165, 1.54) is 0 Å². The summed E-state index contributed by atoms with van der Waals surface area (Å²) in [5.74, 6) is 0.895. The number of piperidine rings is 1. The van der Waals surface area contributed by atoms with Crippen molar-refractivity contribution in [2.45, 2.75) is 39.5 Å². The van der Waals surface area contributed by atoms with Crippen LogP contribution in [0.1, 0.15) is 51.9 Å². The Morgan fingerprint density at radius 3 is 2.54 bits per heavy atom. The molecule has 3 aromatic rings. The van der Waals surface area contributed by atoms with Gasteiger partial charge in [0, 0.05) is 36.2 Å². The number of hydrogen-bond donors (Lipinski definition) is 1. The number of fused-ring (bicyclic) bond motifs is 1. The number of carbonyl (C=O) groups is 1. The lowest BCUT2D eigenvalue weighted by Gasteiger charge is -2.32. The molecular weight excluding hydrogens is 352 g/mol. The number of nitrogens with one attached hydrogen (secondary N) is 1. The molecule has 4 rings (SSSR count). The van der Waals surface area contributed by atoms with Crippen LogP contribution in [0.4, 0.5) is 0 Å². The molecule has 0 atom stereocenters. The fourth-order valence-electron chi connectivity index (χ4n) is 4.01. The number of aryl methyl sites for hydroxylation is 3. The number of hydrogen-bond acceptors (Lipinski definition) is 4. The van der Waals surface area contributed by atoms with Gasteiger partial charge in [0.05, 0.1) is 16.8 Å². The van der Waals surface area contributed by atoms with Gasteiger partial charge in [-0.3, -0.25) is 14.6 Å². The molecule has 1 aliphatic heterocycles. The maximum Gasteiger partial charge on any atom is 0.254 e. The zero-order valence-corrected chi connectivity index (χ0v) is 16.5. The summed E-state index contributed by atoms with van der Waals surface area (Å²) >= 11 is 0. The van der Waals surface area contributed by atoms with E-state index in [1.54, 1.807) is 13.0 Å². The minimum absolute atomic E-state index is 0.0489. The summed E-state index contributed by atoms with van der Waals surface area (Å²) in [6, 6.07) is 9.49. The summed E-state index contributed by atoms with van der Waals surface area (Å²) in [6.07, 6.45) is 1.62. The Labute approximate surface area is 163 Å². The van der Waals surface area contributed by atoms with Gasteiger partial charge in [-0.1, -0.05) is 12.1 Å². The van der Waals surface area contributed by atoms with E-state index in [4.69, 9.17) is 0 Å². The van der Waals surface area contributed by atoms with Crippen LogP contribution in [0.25, 0.3) is 10.9 Å². The molecule has 2 aromatic heterocycles. The van der Waals surface area contributed by atoms with E-state index in [9.17, 15) is 9.59 Å². The van der Waals surface area contributed by atoms with E-state index >= 15 is 0 Å². The van der Waals surface area contributed by atoms with Gasteiger partial charge in [-0.25, -0.2) is 4.98 Å². The Bertz CT molecular complexity index is 1110. The molecule has 1 N–H and O–H groups in total. The average Bonchev–Trinajstić information content (AvgIpc) is 2.66. The maximum atomic E-state index is 13.2. The van der Waals surface area contributed by atoms with Gasteiger partial charge in [0.1, 0.15) is 5.82 Å². The summed E-state index contributed by atoms with van der Waals surface area (Å²) in [5.41, 5.74) is 4.27. The third-order valence-corrected chi connectivity index (χ3v) is 5.40. The lowest BCUT2D eigenvalue weighted by molar-refractivity contribution is 0.0714. The Morgan fingerprint density at radius 2 is 1.82 bits per heavy atom. The van der Waals surface area contributed by atoms with E-state index in [0.29, 0.717) is 24.5 Å². The minimum atomic E-state index is -0.116. The van der Waals surface area contributed by atoms with Gasteiger partial charge < -0.3 is 9.88 Å². The van der Waals surface area contributed by atoms with Crippen LogP contribution in [0.3, 0.4) is 0 Å². The van der Waals surface area contributed by atoms with Crippen LogP contribution >= 0.6 is 0 Å². The monoisotopic (exact) mass is 376 g/mol. The number of amides is 1. The average molecular weight is 376 g/mol. The number of rotatable bonds is 2. The van der Waals surface area contributed by atoms with Crippen LogP contribution in [0, 0.1) is 20.8 Å². The fraction of sp³-hybridized carbons (Fsp3) is 0.364. The van der Waals surface area contributed by atoms with Crippen molar-refractivity contribution < 1.29 is 4.79 Å². The highest BCUT2D eigenvalue weighted by atomic mass is 16.2. The largest absolute Gasteiger partial charge is 0.339 e. The molecule has 6 nitrogen and oxygen atoms in total. The van der Waals surface area contributed by atoms with E-state index in [1.807, 2.05) is 43.0 Å². The van der Waals surface area contributed by atoms with Crippen molar-refractivity contribution in [2.75, 3.05) is 13.1 Å². The normalized spacial score (nSPS) is 15.2. The highest BCUT2D eigenvalue weighted by molar-refractivity contribution is 6.06.